The molecular formula is C53H35N. The van der Waals surface area contributed by atoms with Crippen LogP contribution in [0.2, 0.25) is 0 Å². The van der Waals surface area contributed by atoms with E-state index in [0.29, 0.717) is 0 Å². The lowest BCUT2D eigenvalue weighted by atomic mass is 9.70. The van der Waals surface area contributed by atoms with Gasteiger partial charge in [-0.05, 0) is 102 Å². The molecule has 0 amide bonds. The maximum absolute atomic E-state index is 2.46. The van der Waals surface area contributed by atoms with Crippen LogP contribution in [0.4, 0.5) is 17.1 Å². The number of nitrogens with zero attached hydrogens (tertiary/aromatic N) is 1. The molecule has 0 atom stereocenters. The Morgan fingerprint density at radius 2 is 0.759 bits per heavy atom. The van der Waals surface area contributed by atoms with E-state index < -0.39 is 5.41 Å². The van der Waals surface area contributed by atoms with Gasteiger partial charge in [0.2, 0.25) is 0 Å². The molecule has 1 heteroatoms. The first-order valence-corrected chi connectivity index (χ1v) is 18.8. The zero-order chi connectivity index (χ0) is 35.6. The lowest BCUT2D eigenvalue weighted by Crippen LogP contribution is -2.26. The van der Waals surface area contributed by atoms with Gasteiger partial charge in [0, 0.05) is 16.9 Å². The average Bonchev–Trinajstić information content (AvgIpc) is 3.72. The summed E-state index contributed by atoms with van der Waals surface area (Å²) in [5.74, 6) is 0. The van der Waals surface area contributed by atoms with Gasteiger partial charge in [0.25, 0.3) is 0 Å². The third kappa shape index (κ3) is 4.39. The summed E-state index contributed by atoms with van der Waals surface area (Å²) in [6.45, 7) is 0. The summed E-state index contributed by atoms with van der Waals surface area (Å²) in [6.07, 6.45) is 0. The molecule has 252 valence electrons. The normalized spacial score (nSPS) is 13.0. The van der Waals surface area contributed by atoms with E-state index in [-0.39, 0.29) is 0 Å². The Morgan fingerprint density at radius 1 is 0.296 bits per heavy atom. The summed E-state index contributed by atoms with van der Waals surface area (Å²) in [5.41, 5.74) is 18.4. The maximum atomic E-state index is 2.46. The van der Waals surface area contributed by atoms with Crippen LogP contribution in [0.25, 0.3) is 55.3 Å². The van der Waals surface area contributed by atoms with E-state index in [1.807, 2.05) is 0 Å². The largest absolute Gasteiger partial charge is 0.310 e. The molecule has 0 heterocycles. The van der Waals surface area contributed by atoms with Crippen molar-refractivity contribution in [3.8, 4) is 44.5 Å². The first-order chi connectivity index (χ1) is 26.8. The van der Waals surface area contributed by atoms with Gasteiger partial charge in [0.15, 0.2) is 0 Å². The van der Waals surface area contributed by atoms with Gasteiger partial charge in [-0.1, -0.05) is 182 Å². The molecule has 1 nitrogen and oxygen atoms in total. The quantitative estimate of drug-likeness (QED) is 0.174. The monoisotopic (exact) mass is 685 g/mol. The van der Waals surface area contributed by atoms with Crippen molar-refractivity contribution < 1.29 is 0 Å². The number of anilines is 3. The van der Waals surface area contributed by atoms with Crippen molar-refractivity contribution in [1.29, 1.82) is 0 Å². The van der Waals surface area contributed by atoms with Crippen LogP contribution in [0, 0.1) is 0 Å². The van der Waals surface area contributed by atoms with Crippen molar-refractivity contribution in [3.05, 3.63) is 235 Å². The Hall–Kier alpha value is -6.96. The van der Waals surface area contributed by atoms with Crippen LogP contribution in [0.3, 0.4) is 0 Å². The molecule has 0 radical (unpaired) electrons. The van der Waals surface area contributed by atoms with Gasteiger partial charge in [0.05, 0.1) is 11.1 Å². The first kappa shape index (κ1) is 30.6. The molecule has 0 saturated carbocycles. The molecular weight excluding hydrogens is 651 g/mol. The van der Waals surface area contributed by atoms with Crippen LogP contribution < -0.4 is 4.90 Å². The fraction of sp³-hybridized carbons (Fsp3) is 0.0189. The fourth-order valence-electron chi connectivity index (χ4n) is 9.44. The number of benzene rings is 9. The number of hydrogen-bond donors (Lipinski definition) is 0. The molecule has 0 fully saturated rings. The number of hydrogen-bond acceptors (Lipinski definition) is 1. The smallest absolute Gasteiger partial charge is 0.0726 e. The van der Waals surface area contributed by atoms with E-state index in [4.69, 9.17) is 0 Å². The van der Waals surface area contributed by atoms with Crippen LogP contribution in [-0.2, 0) is 5.41 Å². The second kappa shape index (κ2) is 12.0. The van der Waals surface area contributed by atoms with E-state index in [1.54, 1.807) is 0 Å². The molecule has 9 aromatic carbocycles. The average molecular weight is 686 g/mol. The minimum Gasteiger partial charge on any atom is -0.310 e. The van der Waals surface area contributed by atoms with E-state index in [1.165, 1.54) is 83.2 Å². The zero-order valence-electron chi connectivity index (χ0n) is 29.7. The minimum atomic E-state index is -0.407. The van der Waals surface area contributed by atoms with Gasteiger partial charge in [-0.2, -0.15) is 0 Å². The predicted molar refractivity (Wildman–Crippen MR) is 226 cm³/mol. The van der Waals surface area contributed by atoms with Crippen molar-refractivity contribution in [2.45, 2.75) is 5.41 Å². The number of rotatable bonds is 5. The standard InChI is InChI=1S/C53H35N/c1-2-14-36(15-3-1)37-28-32-40(33-29-37)54(41-34-30-39(31-35-41)43-22-12-17-38-16-4-5-18-42(38)43)51-27-13-26-50-52(51)46-21-8-11-25-49(46)53(50)47-23-9-6-19-44(47)45-20-7-10-24-48(45)53/h1-35H. The third-order valence-electron chi connectivity index (χ3n) is 11.7. The minimum absolute atomic E-state index is 0.407. The van der Waals surface area contributed by atoms with Gasteiger partial charge in [0.1, 0.15) is 0 Å². The second-order valence-electron chi connectivity index (χ2n) is 14.4. The molecule has 2 aliphatic carbocycles. The summed E-state index contributed by atoms with van der Waals surface area (Å²) in [5, 5.41) is 2.52. The van der Waals surface area contributed by atoms with E-state index >= 15 is 0 Å². The van der Waals surface area contributed by atoms with Crippen LogP contribution in [-0.4, -0.2) is 0 Å². The molecule has 2 aliphatic rings. The molecule has 0 unspecified atom stereocenters. The molecule has 0 N–H and O–H groups in total. The fourth-order valence-corrected chi connectivity index (χ4v) is 9.44. The first-order valence-electron chi connectivity index (χ1n) is 18.8. The van der Waals surface area contributed by atoms with Gasteiger partial charge in [-0.3, -0.25) is 0 Å². The van der Waals surface area contributed by atoms with Gasteiger partial charge in [-0.25, -0.2) is 0 Å². The Balaban J connectivity index is 1.14. The maximum Gasteiger partial charge on any atom is 0.0726 e. The summed E-state index contributed by atoms with van der Waals surface area (Å²) in [7, 11) is 0. The second-order valence-corrected chi connectivity index (χ2v) is 14.4. The van der Waals surface area contributed by atoms with Crippen LogP contribution in [0.15, 0.2) is 212 Å². The SMILES string of the molecule is c1ccc(-c2ccc(N(c3ccc(-c4cccc5ccccc45)cc3)c3cccc4c3-c3ccccc3C43c4ccccc4-c4ccccc43)cc2)cc1. The highest BCUT2D eigenvalue weighted by Crippen LogP contribution is 2.64. The van der Waals surface area contributed by atoms with Crippen molar-refractivity contribution in [2.75, 3.05) is 4.90 Å². The Kier molecular flexibility index (Phi) is 6.84. The van der Waals surface area contributed by atoms with E-state index in [2.05, 4.69) is 217 Å². The van der Waals surface area contributed by atoms with Gasteiger partial charge in [-0.15, -0.1) is 0 Å². The summed E-state index contributed by atoms with van der Waals surface area (Å²) >= 11 is 0. The van der Waals surface area contributed by atoms with E-state index in [0.717, 1.165) is 11.4 Å². The number of fused-ring (bicyclic) bond motifs is 11. The molecule has 0 saturated heterocycles. The highest BCUT2D eigenvalue weighted by Gasteiger charge is 2.52. The lowest BCUT2D eigenvalue weighted by Gasteiger charge is -2.32. The van der Waals surface area contributed by atoms with Crippen molar-refractivity contribution in [1.82, 2.24) is 0 Å². The van der Waals surface area contributed by atoms with Crippen LogP contribution in [0.1, 0.15) is 22.3 Å². The topological polar surface area (TPSA) is 3.24 Å². The Morgan fingerprint density at radius 3 is 1.44 bits per heavy atom. The van der Waals surface area contributed by atoms with Crippen molar-refractivity contribution in [3.63, 3.8) is 0 Å². The lowest BCUT2D eigenvalue weighted by molar-refractivity contribution is 0.794. The molecule has 54 heavy (non-hydrogen) atoms. The Bertz CT molecular complexity index is 2820. The highest BCUT2D eigenvalue weighted by molar-refractivity contribution is 6.02. The highest BCUT2D eigenvalue weighted by atomic mass is 15.1. The Labute approximate surface area is 316 Å². The predicted octanol–water partition coefficient (Wildman–Crippen LogP) is 14.0. The molecule has 0 aliphatic heterocycles. The molecule has 9 aromatic rings. The summed E-state index contributed by atoms with van der Waals surface area (Å²) in [4.78, 5) is 2.46. The van der Waals surface area contributed by atoms with Crippen molar-refractivity contribution in [2.24, 2.45) is 0 Å². The van der Waals surface area contributed by atoms with Gasteiger partial charge < -0.3 is 4.90 Å². The molecule has 0 bridgehead atoms. The van der Waals surface area contributed by atoms with Crippen LogP contribution >= 0.6 is 0 Å². The molecule has 1 spiro atoms. The van der Waals surface area contributed by atoms with E-state index in [9.17, 15) is 0 Å². The summed E-state index contributed by atoms with van der Waals surface area (Å²) in [6, 6.07) is 78.2. The van der Waals surface area contributed by atoms with Crippen molar-refractivity contribution >= 4 is 27.8 Å². The van der Waals surface area contributed by atoms with Crippen LogP contribution in [0.5, 0.6) is 0 Å². The molecule has 0 aromatic heterocycles. The van der Waals surface area contributed by atoms with Gasteiger partial charge >= 0.3 is 0 Å². The zero-order valence-corrected chi connectivity index (χ0v) is 29.7. The summed E-state index contributed by atoms with van der Waals surface area (Å²) < 4.78 is 0. The third-order valence-corrected chi connectivity index (χ3v) is 11.7. The molecule has 11 rings (SSSR count).